The van der Waals surface area contributed by atoms with Crippen LogP contribution < -0.4 is 5.32 Å². The first-order valence-corrected chi connectivity index (χ1v) is 10.4. The fourth-order valence-corrected chi connectivity index (χ4v) is 3.37. The number of nitrogens with zero attached hydrogens (tertiary/aromatic N) is 6. The number of nitrogens with one attached hydrogen (secondary N) is 1. The first kappa shape index (κ1) is 25.1. The maximum absolute atomic E-state index is 14.2. The summed E-state index contributed by atoms with van der Waals surface area (Å²) < 4.78 is 53.7. The molecule has 0 unspecified atom stereocenters. The van der Waals surface area contributed by atoms with Gasteiger partial charge in [-0.3, -0.25) is 4.79 Å². The van der Waals surface area contributed by atoms with Gasteiger partial charge >= 0.3 is 6.18 Å². The van der Waals surface area contributed by atoms with E-state index in [2.05, 4.69) is 31.8 Å². The molecule has 1 amide bonds. The number of aliphatic imine (C=N–C) groups is 1. The Morgan fingerprint density at radius 3 is 2.47 bits per heavy atom. The van der Waals surface area contributed by atoms with Crippen molar-refractivity contribution in [2.24, 2.45) is 4.99 Å². The van der Waals surface area contributed by atoms with Gasteiger partial charge in [0.25, 0.3) is 5.91 Å². The number of amidine groups is 1. The molecule has 1 fully saturated rings. The zero-order valence-corrected chi connectivity index (χ0v) is 18.8. The molecule has 8 nitrogen and oxygen atoms in total. The molecule has 3 rings (SSSR count). The normalized spacial score (nSPS) is 15.2. The number of hydrogen-bond donors (Lipinski definition) is 1. The number of aromatic nitrogens is 2. The van der Waals surface area contributed by atoms with E-state index < -0.39 is 24.4 Å². The highest BCUT2D eigenvalue weighted by molar-refractivity contribution is 5.94. The molecule has 1 aromatic carbocycles. The molecule has 1 aromatic heterocycles. The predicted molar refractivity (Wildman–Crippen MR) is 120 cm³/mol. The maximum atomic E-state index is 14.2. The quantitative estimate of drug-likeness (QED) is 0.389. The Kier molecular flexibility index (Phi) is 7.82. The van der Waals surface area contributed by atoms with Crippen LogP contribution in [0.3, 0.4) is 0 Å². The molecule has 0 spiro atoms. The van der Waals surface area contributed by atoms with Crippen LogP contribution in [-0.4, -0.2) is 82.9 Å². The van der Waals surface area contributed by atoms with Gasteiger partial charge < -0.3 is 20.0 Å². The van der Waals surface area contributed by atoms with Crippen LogP contribution >= 0.6 is 0 Å². The third-order valence-corrected chi connectivity index (χ3v) is 5.21. The van der Waals surface area contributed by atoms with Crippen LogP contribution in [0, 0.1) is 5.82 Å². The predicted octanol–water partition coefficient (Wildman–Crippen LogP) is 3.28. The molecule has 0 radical (unpaired) electrons. The lowest BCUT2D eigenvalue weighted by atomic mass is 10.1. The number of amides is 1. The second-order valence-corrected chi connectivity index (χ2v) is 7.78. The summed E-state index contributed by atoms with van der Waals surface area (Å²) in [6, 6.07) is 6.62. The molecule has 182 valence electrons. The van der Waals surface area contributed by atoms with E-state index in [0.29, 0.717) is 24.3 Å². The third-order valence-electron chi connectivity index (χ3n) is 5.21. The molecule has 1 saturated heterocycles. The summed E-state index contributed by atoms with van der Waals surface area (Å²) >= 11 is 0. The van der Waals surface area contributed by atoms with Crippen molar-refractivity contribution in [1.29, 1.82) is 0 Å². The van der Waals surface area contributed by atoms with Gasteiger partial charge in [-0.1, -0.05) is 6.58 Å². The summed E-state index contributed by atoms with van der Waals surface area (Å²) in [4.78, 5) is 28.4. The number of benzene rings is 1. The molecule has 0 saturated carbocycles. The zero-order valence-electron chi connectivity index (χ0n) is 18.8. The molecule has 1 aliphatic rings. The number of piperazine rings is 1. The van der Waals surface area contributed by atoms with Crippen LogP contribution in [0.2, 0.25) is 0 Å². The Morgan fingerprint density at radius 1 is 1.24 bits per heavy atom. The molecule has 2 aromatic rings. The van der Waals surface area contributed by atoms with Gasteiger partial charge in [0.15, 0.2) is 5.82 Å². The Balaban J connectivity index is 1.69. The molecule has 0 aliphatic carbocycles. The number of carbonyl (C=O) groups excluding carboxylic acids is 1. The van der Waals surface area contributed by atoms with Gasteiger partial charge in [0, 0.05) is 50.7 Å². The number of alkyl halides is 3. The number of halogens is 4. The highest BCUT2D eigenvalue weighted by Gasteiger charge is 2.38. The average Bonchev–Trinajstić information content (AvgIpc) is 2.79. The summed E-state index contributed by atoms with van der Waals surface area (Å²) in [5, 5.41) is 2.87. The maximum Gasteiger partial charge on any atom is 0.449 e. The lowest BCUT2D eigenvalue weighted by Crippen LogP contribution is -2.47. The van der Waals surface area contributed by atoms with Gasteiger partial charge in [0.2, 0.25) is 11.8 Å². The molecule has 1 N–H and O–H groups in total. The zero-order chi connectivity index (χ0) is 24.9. The summed E-state index contributed by atoms with van der Waals surface area (Å²) in [5.41, 5.74) is 0.812. The number of likely N-dealkylation sites (N-methyl/N-ethyl adjacent to an activating group) is 1. The number of carbonyl (C=O) groups is 1. The van der Waals surface area contributed by atoms with E-state index >= 15 is 0 Å². The Bertz CT molecular complexity index is 1050. The van der Waals surface area contributed by atoms with Gasteiger partial charge in [0.05, 0.1) is 12.7 Å². The van der Waals surface area contributed by atoms with E-state index in [-0.39, 0.29) is 17.5 Å². The van der Waals surface area contributed by atoms with Crippen molar-refractivity contribution < 1.29 is 22.4 Å². The molecule has 12 heteroatoms. The van der Waals surface area contributed by atoms with Gasteiger partial charge in [-0.2, -0.15) is 13.2 Å². The highest BCUT2D eigenvalue weighted by atomic mass is 19.4. The van der Waals surface area contributed by atoms with Crippen molar-refractivity contribution >= 4 is 23.4 Å². The monoisotopic (exact) mass is 479 g/mol. The Morgan fingerprint density at radius 2 is 1.88 bits per heavy atom. The van der Waals surface area contributed by atoms with E-state index in [0.717, 1.165) is 37.4 Å². The first-order valence-electron chi connectivity index (χ1n) is 10.4. The summed E-state index contributed by atoms with van der Waals surface area (Å²) in [6.45, 7) is 5.63. The Hall–Kier alpha value is -3.54. The van der Waals surface area contributed by atoms with E-state index in [1.807, 2.05) is 7.05 Å². The standard InChI is InChI=1S/C22H25F4N7O/c1-4-27-20(22(24,25)26)32(3)14-18-17(23)13-28-21(30-18)29-16-7-5-15(6-8-16)19(34)33-11-9-31(2)10-12-33/h4-8,13H,1,9-12,14H2,2-3H3,(H,28,29,30). The molecular weight excluding hydrogens is 454 g/mol. The minimum absolute atomic E-state index is 0.00263. The van der Waals surface area contributed by atoms with Crippen molar-refractivity contribution in [3.63, 3.8) is 0 Å². The van der Waals surface area contributed by atoms with Crippen LogP contribution in [-0.2, 0) is 6.54 Å². The van der Waals surface area contributed by atoms with Gasteiger partial charge in [-0.25, -0.2) is 19.4 Å². The van der Waals surface area contributed by atoms with Crippen LogP contribution in [0.25, 0.3) is 0 Å². The van der Waals surface area contributed by atoms with E-state index in [1.54, 1.807) is 29.2 Å². The van der Waals surface area contributed by atoms with E-state index in [9.17, 15) is 22.4 Å². The number of anilines is 2. The van der Waals surface area contributed by atoms with Crippen molar-refractivity contribution in [2.75, 3.05) is 45.6 Å². The lowest BCUT2D eigenvalue weighted by molar-refractivity contribution is -0.0681. The van der Waals surface area contributed by atoms with E-state index in [1.165, 1.54) is 0 Å². The third kappa shape index (κ3) is 6.28. The first-order chi connectivity index (χ1) is 16.1. The minimum atomic E-state index is -4.74. The SMILES string of the molecule is C=CN=C(N(C)Cc1nc(Nc2ccc(C(=O)N3CCN(C)CC3)cc2)ncc1F)C(F)(F)F. The fourth-order valence-electron chi connectivity index (χ4n) is 3.37. The molecule has 34 heavy (non-hydrogen) atoms. The number of hydrogen-bond acceptors (Lipinski definition) is 6. The lowest BCUT2D eigenvalue weighted by Gasteiger charge is -2.32. The van der Waals surface area contributed by atoms with Crippen molar-refractivity contribution in [3.8, 4) is 0 Å². The molecule has 1 aliphatic heterocycles. The van der Waals surface area contributed by atoms with Crippen molar-refractivity contribution in [2.45, 2.75) is 12.7 Å². The second-order valence-electron chi connectivity index (χ2n) is 7.78. The van der Waals surface area contributed by atoms with Crippen molar-refractivity contribution in [1.82, 2.24) is 24.7 Å². The smallest absolute Gasteiger partial charge is 0.350 e. The highest BCUT2D eigenvalue weighted by Crippen LogP contribution is 2.22. The number of rotatable bonds is 6. The van der Waals surface area contributed by atoms with Crippen LogP contribution in [0.1, 0.15) is 16.1 Å². The summed E-state index contributed by atoms with van der Waals surface area (Å²) in [5.74, 6) is -2.15. The van der Waals surface area contributed by atoms with Gasteiger partial charge in [-0.15, -0.1) is 0 Å². The van der Waals surface area contributed by atoms with Crippen LogP contribution in [0.15, 0.2) is 48.2 Å². The molecule has 0 atom stereocenters. The topological polar surface area (TPSA) is 77.0 Å². The molecular formula is C22H25F4N7O. The molecule has 0 bridgehead atoms. The van der Waals surface area contributed by atoms with Gasteiger partial charge in [0.1, 0.15) is 5.69 Å². The van der Waals surface area contributed by atoms with E-state index in [4.69, 9.17) is 0 Å². The minimum Gasteiger partial charge on any atom is -0.350 e. The average molecular weight is 479 g/mol. The fraction of sp³-hybridized carbons (Fsp3) is 0.364. The summed E-state index contributed by atoms with van der Waals surface area (Å²) in [6.07, 6.45) is -3.10. The largest absolute Gasteiger partial charge is 0.449 e. The van der Waals surface area contributed by atoms with Crippen LogP contribution in [0.4, 0.5) is 29.2 Å². The summed E-state index contributed by atoms with van der Waals surface area (Å²) in [7, 11) is 3.13. The Labute approximate surface area is 194 Å². The van der Waals surface area contributed by atoms with Gasteiger partial charge in [-0.05, 0) is 31.3 Å². The molecule has 2 heterocycles. The van der Waals surface area contributed by atoms with Crippen LogP contribution in [0.5, 0.6) is 0 Å². The van der Waals surface area contributed by atoms with Crippen molar-refractivity contribution in [3.05, 3.63) is 60.3 Å². The second kappa shape index (κ2) is 10.6.